The zero-order chi connectivity index (χ0) is 10.6. The maximum atomic E-state index is 11.5. The van der Waals surface area contributed by atoms with Crippen molar-refractivity contribution < 1.29 is 4.79 Å². The van der Waals surface area contributed by atoms with Crippen LogP contribution in [-0.4, -0.2) is 30.8 Å². The van der Waals surface area contributed by atoms with E-state index >= 15 is 0 Å². The predicted molar refractivity (Wildman–Crippen MR) is 58.9 cm³/mol. The van der Waals surface area contributed by atoms with E-state index in [0.717, 1.165) is 12.0 Å². The second kappa shape index (κ2) is 5.01. The molecule has 0 heterocycles. The van der Waals surface area contributed by atoms with Crippen molar-refractivity contribution in [2.45, 2.75) is 6.42 Å². The zero-order valence-electron chi connectivity index (χ0n) is 8.46. The summed E-state index contributed by atoms with van der Waals surface area (Å²) in [5, 5.41) is 0. The second-order valence-corrected chi connectivity index (χ2v) is 3.71. The van der Waals surface area contributed by atoms with E-state index in [1.807, 2.05) is 24.3 Å². The quantitative estimate of drug-likeness (QED) is 0.702. The van der Waals surface area contributed by atoms with Crippen molar-refractivity contribution in [2.24, 2.45) is 0 Å². The van der Waals surface area contributed by atoms with Crippen LogP contribution in [0.3, 0.4) is 0 Å². The van der Waals surface area contributed by atoms with Gasteiger partial charge in [0.1, 0.15) is 0 Å². The van der Waals surface area contributed by atoms with Gasteiger partial charge in [0.25, 0.3) is 5.91 Å². The van der Waals surface area contributed by atoms with E-state index in [0.29, 0.717) is 11.4 Å². The summed E-state index contributed by atoms with van der Waals surface area (Å²) in [6, 6.07) is 7.56. The lowest BCUT2D eigenvalue weighted by atomic mass is 10.1. The van der Waals surface area contributed by atoms with Crippen LogP contribution in [0.2, 0.25) is 0 Å². The van der Waals surface area contributed by atoms with Gasteiger partial charge < -0.3 is 4.90 Å². The SMILES string of the molecule is CN(C)C(=O)c1ccc(CCCl)cc1. The molecular formula is C11H14ClNO. The Hall–Kier alpha value is -1.02. The Bertz CT molecular complexity index is 306. The molecule has 76 valence electrons. The maximum Gasteiger partial charge on any atom is 0.253 e. The van der Waals surface area contributed by atoms with Gasteiger partial charge in [-0.15, -0.1) is 11.6 Å². The van der Waals surface area contributed by atoms with Crippen molar-refractivity contribution in [3.63, 3.8) is 0 Å². The summed E-state index contributed by atoms with van der Waals surface area (Å²) in [6.07, 6.45) is 0.845. The van der Waals surface area contributed by atoms with Crippen LogP contribution < -0.4 is 0 Å². The minimum atomic E-state index is 0.0300. The van der Waals surface area contributed by atoms with Crippen LogP contribution in [0, 0.1) is 0 Å². The van der Waals surface area contributed by atoms with Gasteiger partial charge in [0.05, 0.1) is 0 Å². The first-order chi connectivity index (χ1) is 6.65. The van der Waals surface area contributed by atoms with Crippen LogP contribution >= 0.6 is 11.6 Å². The van der Waals surface area contributed by atoms with Gasteiger partial charge in [-0.2, -0.15) is 0 Å². The van der Waals surface area contributed by atoms with E-state index in [1.54, 1.807) is 19.0 Å². The summed E-state index contributed by atoms with van der Waals surface area (Å²) in [6.45, 7) is 0. The number of alkyl halides is 1. The average molecular weight is 212 g/mol. The number of hydrogen-bond acceptors (Lipinski definition) is 1. The van der Waals surface area contributed by atoms with E-state index in [1.165, 1.54) is 0 Å². The van der Waals surface area contributed by atoms with Gasteiger partial charge in [0.2, 0.25) is 0 Å². The summed E-state index contributed by atoms with van der Waals surface area (Å²) >= 11 is 5.61. The highest BCUT2D eigenvalue weighted by Crippen LogP contribution is 2.07. The fourth-order valence-electron chi connectivity index (χ4n) is 1.18. The highest BCUT2D eigenvalue weighted by molar-refractivity contribution is 6.18. The summed E-state index contributed by atoms with van der Waals surface area (Å²) in [5.74, 6) is 0.642. The van der Waals surface area contributed by atoms with E-state index < -0.39 is 0 Å². The largest absolute Gasteiger partial charge is 0.345 e. The second-order valence-electron chi connectivity index (χ2n) is 3.34. The Morgan fingerprint density at radius 3 is 2.29 bits per heavy atom. The molecule has 1 aromatic carbocycles. The van der Waals surface area contributed by atoms with E-state index in [2.05, 4.69) is 0 Å². The highest BCUT2D eigenvalue weighted by atomic mass is 35.5. The molecule has 0 aliphatic carbocycles. The monoisotopic (exact) mass is 211 g/mol. The fraction of sp³-hybridized carbons (Fsp3) is 0.364. The number of carbonyl (C=O) groups is 1. The lowest BCUT2D eigenvalue weighted by molar-refractivity contribution is 0.0827. The van der Waals surface area contributed by atoms with Gasteiger partial charge in [-0.25, -0.2) is 0 Å². The van der Waals surface area contributed by atoms with Crippen LogP contribution in [0.5, 0.6) is 0 Å². The molecule has 0 N–H and O–H groups in total. The molecule has 0 saturated heterocycles. The van der Waals surface area contributed by atoms with Gasteiger partial charge >= 0.3 is 0 Å². The summed E-state index contributed by atoms with van der Waals surface area (Å²) < 4.78 is 0. The predicted octanol–water partition coefficient (Wildman–Crippen LogP) is 2.17. The van der Waals surface area contributed by atoms with E-state index in [-0.39, 0.29) is 5.91 Å². The number of benzene rings is 1. The summed E-state index contributed by atoms with van der Waals surface area (Å²) in [4.78, 5) is 13.1. The van der Waals surface area contributed by atoms with Gasteiger partial charge in [0.15, 0.2) is 0 Å². The van der Waals surface area contributed by atoms with Crippen LogP contribution in [0.15, 0.2) is 24.3 Å². The maximum absolute atomic E-state index is 11.5. The lowest BCUT2D eigenvalue weighted by Crippen LogP contribution is -2.21. The molecule has 0 aliphatic heterocycles. The fourth-order valence-corrected chi connectivity index (χ4v) is 1.40. The third-order valence-corrected chi connectivity index (χ3v) is 2.18. The number of rotatable bonds is 3. The molecule has 0 atom stereocenters. The van der Waals surface area contributed by atoms with Gasteiger partial charge in [-0.3, -0.25) is 4.79 Å². The average Bonchev–Trinajstić information content (AvgIpc) is 2.18. The summed E-state index contributed by atoms with van der Waals surface area (Å²) in [5.41, 5.74) is 1.88. The standard InChI is InChI=1S/C11H14ClNO/c1-13(2)11(14)10-5-3-9(4-6-10)7-8-12/h3-6H,7-8H2,1-2H3. The van der Waals surface area contributed by atoms with Crippen LogP contribution in [-0.2, 0) is 6.42 Å². The van der Waals surface area contributed by atoms with E-state index in [9.17, 15) is 4.79 Å². The normalized spacial score (nSPS) is 9.93. The minimum Gasteiger partial charge on any atom is -0.345 e. The number of hydrogen-bond donors (Lipinski definition) is 0. The minimum absolute atomic E-state index is 0.0300. The molecule has 1 rings (SSSR count). The summed E-state index contributed by atoms with van der Waals surface area (Å²) in [7, 11) is 3.49. The molecule has 0 aromatic heterocycles. The Morgan fingerprint density at radius 1 is 1.29 bits per heavy atom. The van der Waals surface area contributed by atoms with E-state index in [4.69, 9.17) is 11.6 Å². The molecule has 1 amide bonds. The van der Waals surface area contributed by atoms with Crippen molar-refractivity contribution >= 4 is 17.5 Å². The van der Waals surface area contributed by atoms with Crippen LogP contribution in [0.4, 0.5) is 0 Å². The van der Waals surface area contributed by atoms with Gasteiger partial charge in [0, 0.05) is 25.5 Å². The number of amides is 1. The Labute approximate surface area is 89.5 Å². The number of nitrogens with zero attached hydrogens (tertiary/aromatic N) is 1. The molecule has 0 unspecified atom stereocenters. The van der Waals surface area contributed by atoms with Crippen molar-refractivity contribution in [3.8, 4) is 0 Å². The molecule has 1 aromatic rings. The number of carbonyl (C=O) groups excluding carboxylic acids is 1. The number of aryl methyl sites for hydroxylation is 1. The third-order valence-electron chi connectivity index (χ3n) is 1.99. The molecule has 0 aliphatic rings. The highest BCUT2D eigenvalue weighted by Gasteiger charge is 2.06. The molecular weight excluding hydrogens is 198 g/mol. The first kappa shape index (κ1) is 11.1. The third kappa shape index (κ3) is 2.74. The van der Waals surface area contributed by atoms with Gasteiger partial charge in [-0.1, -0.05) is 12.1 Å². The van der Waals surface area contributed by atoms with Crippen LogP contribution in [0.25, 0.3) is 0 Å². The molecule has 2 nitrogen and oxygen atoms in total. The Kier molecular flexibility index (Phi) is 3.96. The molecule has 0 spiro atoms. The zero-order valence-corrected chi connectivity index (χ0v) is 9.21. The van der Waals surface area contributed by atoms with Crippen LogP contribution in [0.1, 0.15) is 15.9 Å². The molecule has 0 bridgehead atoms. The van der Waals surface area contributed by atoms with Crippen molar-refractivity contribution in [1.29, 1.82) is 0 Å². The first-order valence-corrected chi connectivity index (χ1v) is 5.05. The van der Waals surface area contributed by atoms with Crippen molar-refractivity contribution in [2.75, 3.05) is 20.0 Å². The topological polar surface area (TPSA) is 20.3 Å². The molecule has 14 heavy (non-hydrogen) atoms. The van der Waals surface area contributed by atoms with Crippen molar-refractivity contribution in [1.82, 2.24) is 4.90 Å². The first-order valence-electron chi connectivity index (χ1n) is 4.51. The molecule has 0 radical (unpaired) electrons. The number of halogens is 1. The lowest BCUT2D eigenvalue weighted by Gasteiger charge is -2.10. The molecule has 0 saturated carbocycles. The van der Waals surface area contributed by atoms with Crippen molar-refractivity contribution in [3.05, 3.63) is 35.4 Å². The Morgan fingerprint density at radius 2 is 1.86 bits per heavy atom. The van der Waals surface area contributed by atoms with Gasteiger partial charge in [-0.05, 0) is 24.1 Å². The molecule has 0 fully saturated rings. The Balaban J connectivity index is 2.78. The smallest absolute Gasteiger partial charge is 0.253 e. The molecule has 3 heteroatoms.